The minimum Gasteiger partial charge on any atom is -0.497 e. The van der Waals surface area contributed by atoms with E-state index in [1.54, 1.807) is 13.3 Å². The normalized spacial score (nSPS) is 10.9. The molecule has 0 radical (unpaired) electrons. The Balaban J connectivity index is 1.84. The maximum absolute atomic E-state index is 12.3. The average molecular weight is 318 g/mol. The maximum Gasteiger partial charge on any atom is 0.333 e. The van der Waals surface area contributed by atoms with Gasteiger partial charge in [0.25, 0.3) is 0 Å². The zero-order valence-electron chi connectivity index (χ0n) is 12.9. The molecule has 0 aliphatic rings. The van der Waals surface area contributed by atoms with E-state index in [1.165, 1.54) is 4.57 Å². The van der Waals surface area contributed by atoms with Gasteiger partial charge in [-0.25, -0.2) is 19.3 Å². The monoisotopic (exact) mass is 318 g/mol. The van der Waals surface area contributed by atoms with Gasteiger partial charge in [-0.05, 0) is 36.4 Å². The van der Waals surface area contributed by atoms with E-state index in [0.29, 0.717) is 17.0 Å². The lowest BCUT2D eigenvalue weighted by Crippen LogP contribution is -2.14. The van der Waals surface area contributed by atoms with Gasteiger partial charge < -0.3 is 4.74 Å². The fraction of sp³-hybridized carbons (Fsp3) is 0.0556. The van der Waals surface area contributed by atoms with Gasteiger partial charge in [0.2, 0.25) is 0 Å². The van der Waals surface area contributed by atoms with Crippen LogP contribution >= 0.6 is 0 Å². The largest absolute Gasteiger partial charge is 0.497 e. The summed E-state index contributed by atoms with van der Waals surface area (Å²) in [5, 5.41) is 0. The van der Waals surface area contributed by atoms with Crippen LogP contribution in [0.4, 0.5) is 0 Å². The number of imidazole rings is 1. The van der Waals surface area contributed by atoms with Crippen molar-refractivity contribution in [2.45, 2.75) is 0 Å². The number of aromatic nitrogens is 4. The van der Waals surface area contributed by atoms with E-state index in [4.69, 9.17) is 4.74 Å². The van der Waals surface area contributed by atoms with Crippen molar-refractivity contribution in [2.24, 2.45) is 0 Å². The summed E-state index contributed by atoms with van der Waals surface area (Å²) in [6, 6.07) is 16.9. The van der Waals surface area contributed by atoms with Crippen LogP contribution in [0.25, 0.3) is 28.2 Å². The molecule has 1 N–H and O–H groups in total. The van der Waals surface area contributed by atoms with Gasteiger partial charge in [-0.1, -0.05) is 18.2 Å². The summed E-state index contributed by atoms with van der Waals surface area (Å²) in [6.45, 7) is 0. The third kappa shape index (κ3) is 2.34. The van der Waals surface area contributed by atoms with Crippen LogP contribution in [0.3, 0.4) is 0 Å². The van der Waals surface area contributed by atoms with Crippen LogP contribution in [0.15, 0.2) is 65.6 Å². The highest BCUT2D eigenvalue weighted by Gasteiger charge is 2.12. The van der Waals surface area contributed by atoms with Crippen LogP contribution in [-0.4, -0.2) is 26.6 Å². The fourth-order valence-corrected chi connectivity index (χ4v) is 2.60. The van der Waals surface area contributed by atoms with Gasteiger partial charge in [0, 0.05) is 5.56 Å². The molecule has 118 valence electrons. The molecule has 0 bridgehead atoms. The van der Waals surface area contributed by atoms with E-state index in [-0.39, 0.29) is 5.69 Å². The number of para-hydroxylation sites is 1. The molecule has 6 heteroatoms. The summed E-state index contributed by atoms with van der Waals surface area (Å²) < 4.78 is 6.67. The van der Waals surface area contributed by atoms with Crippen LogP contribution < -0.4 is 10.4 Å². The number of nitrogens with one attached hydrogen (secondary N) is 1. The molecule has 0 saturated carbocycles. The Morgan fingerprint density at radius 1 is 1.04 bits per heavy atom. The highest BCUT2D eigenvalue weighted by atomic mass is 16.5. The van der Waals surface area contributed by atoms with Gasteiger partial charge >= 0.3 is 5.69 Å². The van der Waals surface area contributed by atoms with Gasteiger partial charge in [0.15, 0.2) is 11.3 Å². The fourth-order valence-electron chi connectivity index (χ4n) is 2.60. The van der Waals surface area contributed by atoms with Crippen LogP contribution in [0.1, 0.15) is 0 Å². The van der Waals surface area contributed by atoms with E-state index in [2.05, 4.69) is 15.0 Å². The van der Waals surface area contributed by atoms with Crippen LogP contribution in [0.2, 0.25) is 0 Å². The van der Waals surface area contributed by atoms with Crippen molar-refractivity contribution in [2.75, 3.05) is 7.11 Å². The number of methoxy groups -OCH3 is 1. The van der Waals surface area contributed by atoms with Gasteiger partial charge in [-0.2, -0.15) is 0 Å². The number of aromatic amines is 1. The molecule has 0 atom stereocenters. The van der Waals surface area contributed by atoms with Crippen molar-refractivity contribution in [3.63, 3.8) is 0 Å². The Bertz CT molecular complexity index is 1050. The molecule has 2 aromatic carbocycles. The van der Waals surface area contributed by atoms with Crippen LogP contribution in [0, 0.1) is 0 Å². The summed E-state index contributed by atoms with van der Waals surface area (Å²) in [5.74, 6) is 0.774. The number of nitrogens with zero attached hydrogens (tertiary/aromatic N) is 3. The Morgan fingerprint density at radius 3 is 2.50 bits per heavy atom. The number of ether oxygens (including phenoxy) is 1. The SMILES string of the molecule is COc1ccc(-c2cnc3c(n2)[nH]c(=O)n3-c2ccccc2)cc1. The lowest BCUT2D eigenvalue weighted by atomic mass is 10.1. The van der Waals surface area contributed by atoms with E-state index in [9.17, 15) is 4.79 Å². The van der Waals surface area contributed by atoms with Gasteiger partial charge in [0.1, 0.15) is 5.75 Å². The number of rotatable bonds is 3. The number of fused-ring (bicyclic) bond motifs is 1. The van der Waals surface area contributed by atoms with Crippen LogP contribution in [-0.2, 0) is 0 Å². The standard InChI is InChI=1S/C18H14N4O2/c1-24-14-9-7-12(8-10-14)15-11-19-17-16(20-15)21-18(23)22(17)13-5-3-2-4-6-13/h2-11H,1H3,(H,20,21,23). The zero-order chi connectivity index (χ0) is 16.5. The third-order valence-electron chi connectivity index (χ3n) is 3.79. The number of hydrogen-bond acceptors (Lipinski definition) is 4. The van der Waals surface area contributed by atoms with E-state index in [1.807, 2.05) is 54.6 Å². The predicted octanol–water partition coefficient (Wildman–Crippen LogP) is 2.78. The molecule has 24 heavy (non-hydrogen) atoms. The number of hydrogen-bond donors (Lipinski definition) is 1. The molecule has 0 spiro atoms. The van der Waals surface area contributed by atoms with Crippen molar-refractivity contribution in [3.8, 4) is 22.7 Å². The zero-order valence-corrected chi connectivity index (χ0v) is 12.9. The molecular weight excluding hydrogens is 304 g/mol. The lowest BCUT2D eigenvalue weighted by molar-refractivity contribution is 0.415. The highest BCUT2D eigenvalue weighted by Crippen LogP contribution is 2.21. The van der Waals surface area contributed by atoms with Gasteiger partial charge in [-0.3, -0.25) is 4.98 Å². The predicted molar refractivity (Wildman–Crippen MR) is 91.5 cm³/mol. The highest BCUT2D eigenvalue weighted by molar-refractivity contribution is 5.72. The molecular formula is C18H14N4O2. The summed E-state index contributed by atoms with van der Waals surface area (Å²) in [6.07, 6.45) is 1.66. The first-order chi connectivity index (χ1) is 11.8. The summed E-state index contributed by atoms with van der Waals surface area (Å²) >= 11 is 0. The lowest BCUT2D eigenvalue weighted by Gasteiger charge is -2.04. The summed E-state index contributed by atoms with van der Waals surface area (Å²) in [7, 11) is 1.62. The first-order valence-electron chi connectivity index (χ1n) is 7.44. The van der Waals surface area contributed by atoms with E-state index < -0.39 is 0 Å². The van der Waals surface area contributed by atoms with Crippen molar-refractivity contribution >= 4 is 11.3 Å². The first kappa shape index (κ1) is 14.2. The van der Waals surface area contributed by atoms with Crippen LogP contribution in [0.5, 0.6) is 5.75 Å². The molecule has 0 amide bonds. The summed E-state index contributed by atoms with van der Waals surface area (Å²) in [5.41, 5.74) is 3.04. The maximum atomic E-state index is 12.3. The third-order valence-corrected chi connectivity index (χ3v) is 3.79. The molecule has 0 unspecified atom stereocenters. The molecule has 0 aliphatic heterocycles. The smallest absolute Gasteiger partial charge is 0.333 e. The Kier molecular flexibility index (Phi) is 3.35. The minimum atomic E-state index is -0.261. The minimum absolute atomic E-state index is 0.261. The Hall–Kier alpha value is -3.41. The molecule has 4 aromatic rings. The van der Waals surface area contributed by atoms with E-state index >= 15 is 0 Å². The molecule has 2 aromatic heterocycles. The van der Waals surface area contributed by atoms with Crippen molar-refractivity contribution in [1.29, 1.82) is 0 Å². The second-order valence-corrected chi connectivity index (χ2v) is 5.26. The van der Waals surface area contributed by atoms with E-state index in [0.717, 1.165) is 17.0 Å². The van der Waals surface area contributed by atoms with Crippen molar-refractivity contribution in [1.82, 2.24) is 19.5 Å². The molecule has 0 fully saturated rings. The first-order valence-corrected chi connectivity index (χ1v) is 7.44. The molecule has 6 nitrogen and oxygen atoms in total. The Labute approximate surface area is 137 Å². The molecule has 0 saturated heterocycles. The van der Waals surface area contributed by atoms with Gasteiger partial charge in [0.05, 0.1) is 24.7 Å². The number of benzene rings is 2. The van der Waals surface area contributed by atoms with Crippen molar-refractivity contribution in [3.05, 3.63) is 71.3 Å². The van der Waals surface area contributed by atoms with Crippen molar-refractivity contribution < 1.29 is 4.74 Å². The second kappa shape index (κ2) is 5.66. The second-order valence-electron chi connectivity index (χ2n) is 5.26. The average Bonchev–Trinajstić information content (AvgIpc) is 2.97. The van der Waals surface area contributed by atoms with Gasteiger partial charge in [-0.15, -0.1) is 0 Å². The quantitative estimate of drug-likeness (QED) is 0.630. The molecule has 2 heterocycles. The Morgan fingerprint density at radius 2 is 1.79 bits per heavy atom. The number of H-pyrrole nitrogens is 1. The summed E-state index contributed by atoms with van der Waals surface area (Å²) in [4.78, 5) is 24.0. The molecule has 0 aliphatic carbocycles. The topological polar surface area (TPSA) is 72.8 Å². The molecule has 4 rings (SSSR count).